The van der Waals surface area contributed by atoms with Crippen LogP contribution in [-0.2, 0) is 0 Å². The molecule has 0 aromatic heterocycles. The summed E-state index contributed by atoms with van der Waals surface area (Å²) in [5.74, 6) is 0. The fourth-order valence-electron chi connectivity index (χ4n) is 0.296. The average Bonchev–Trinajstić information content (AvgIpc) is 1.66. The Morgan fingerprint density at radius 1 is 1.62 bits per heavy atom. The van der Waals surface area contributed by atoms with Gasteiger partial charge in [-0.1, -0.05) is 0 Å². The van der Waals surface area contributed by atoms with E-state index in [0.717, 1.165) is 5.70 Å². The molecule has 0 aromatic rings. The Bertz CT molecular complexity index is 99.1. The lowest BCUT2D eigenvalue weighted by Gasteiger charge is -1.83. The van der Waals surface area contributed by atoms with Crippen molar-refractivity contribution in [1.82, 2.24) is 5.32 Å². The third-order valence-electron chi connectivity index (χ3n) is 0.622. The van der Waals surface area contributed by atoms with Crippen LogP contribution >= 0.6 is 0 Å². The molecule has 0 fully saturated rings. The predicted molar refractivity (Wildman–Crippen MR) is 36.1 cm³/mol. The van der Waals surface area contributed by atoms with Gasteiger partial charge in [0, 0.05) is 12.7 Å². The lowest BCUT2D eigenvalue weighted by Crippen LogP contribution is -1.92. The maximum absolute atomic E-state index is 5.32. The smallest absolute Gasteiger partial charge is 0.00494 e. The van der Waals surface area contributed by atoms with E-state index in [-0.39, 0.29) is 0 Å². The number of hydrogen-bond donors (Lipinski definition) is 2. The molecule has 0 spiro atoms. The molecular weight excluding hydrogens is 100 g/mol. The number of nitrogens with one attached hydrogen (secondary N) is 1. The molecule has 0 radical (unpaired) electrons. The zero-order chi connectivity index (χ0) is 6.41. The van der Waals surface area contributed by atoms with Gasteiger partial charge in [-0.15, -0.1) is 0 Å². The molecule has 0 amide bonds. The standard InChI is InChI=1S/C6H12N2/c1-6(7)4-3-5-8-2/h3-5,8H,7H2,1-2H3/b5-3-,6-4-. The first kappa shape index (κ1) is 7.08. The summed E-state index contributed by atoms with van der Waals surface area (Å²) in [4.78, 5) is 0. The lowest BCUT2D eigenvalue weighted by atomic mass is 10.4. The minimum atomic E-state index is 0.816. The third-order valence-corrected chi connectivity index (χ3v) is 0.622. The molecule has 0 aliphatic rings. The van der Waals surface area contributed by atoms with Crippen LogP contribution in [0.1, 0.15) is 6.92 Å². The number of hydrogen-bond acceptors (Lipinski definition) is 2. The van der Waals surface area contributed by atoms with Gasteiger partial charge in [0.1, 0.15) is 0 Å². The molecule has 0 heterocycles. The number of allylic oxidation sites excluding steroid dienone is 3. The van der Waals surface area contributed by atoms with Gasteiger partial charge in [-0.25, -0.2) is 0 Å². The van der Waals surface area contributed by atoms with Crippen molar-refractivity contribution in [2.45, 2.75) is 6.92 Å². The maximum atomic E-state index is 5.32. The van der Waals surface area contributed by atoms with Crippen LogP contribution in [0.4, 0.5) is 0 Å². The molecule has 0 bridgehead atoms. The van der Waals surface area contributed by atoms with Crippen molar-refractivity contribution in [2.75, 3.05) is 7.05 Å². The summed E-state index contributed by atoms with van der Waals surface area (Å²) in [6, 6.07) is 0. The highest BCUT2D eigenvalue weighted by molar-refractivity contribution is 5.06. The summed E-state index contributed by atoms with van der Waals surface area (Å²) in [5, 5.41) is 2.84. The summed E-state index contributed by atoms with van der Waals surface area (Å²) in [7, 11) is 1.84. The largest absolute Gasteiger partial charge is 0.402 e. The third kappa shape index (κ3) is 5.08. The second-order valence-corrected chi connectivity index (χ2v) is 1.56. The molecule has 0 saturated carbocycles. The summed E-state index contributed by atoms with van der Waals surface area (Å²) in [6.07, 6.45) is 5.50. The van der Waals surface area contributed by atoms with E-state index in [2.05, 4.69) is 5.32 Å². The molecule has 3 N–H and O–H groups in total. The lowest BCUT2D eigenvalue weighted by molar-refractivity contribution is 1.10. The highest BCUT2D eigenvalue weighted by Gasteiger charge is 1.66. The summed E-state index contributed by atoms with van der Waals surface area (Å²) < 4.78 is 0. The predicted octanol–water partition coefficient (Wildman–Crippen LogP) is 0.582. The van der Waals surface area contributed by atoms with Crippen molar-refractivity contribution >= 4 is 0 Å². The van der Waals surface area contributed by atoms with E-state index in [1.807, 2.05) is 32.3 Å². The first-order valence-electron chi connectivity index (χ1n) is 2.53. The Hall–Kier alpha value is -0.920. The van der Waals surface area contributed by atoms with Gasteiger partial charge in [0.05, 0.1) is 0 Å². The molecule has 0 saturated heterocycles. The first-order chi connectivity index (χ1) is 3.77. The van der Waals surface area contributed by atoms with Gasteiger partial charge in [0.25, 0.3) is 0 Å². The minimum absolute atomic E-state index is 0.816. The van der Waals surface area contributed by atoms with E-state index in [1.54, 1.807) is 0 Å². The maximum Gasteiger partial charge on any atom is 0.00494 e. The highest BCUT2D eigenvalue weighted by Crippen LogP contribution is 1.78. The van der Waals surface area contributed by atoms with Crippen molar-refractivity contribution in [3.63, 3.8) is 0 Å². The second-order valence-electron chi connectivity index (χ2n) is 1.56. The Morgan fingerprint density at radius 2 is 2.25 bits per heavy atom. The van der Waals surface area contributed by atoms with Gasteiger partial charge in [0.15, 0.2) is 0 Å². The quantitative estimate of drug-likeness (QED) is 0.513. The van der Waals surface area contributed by atoms with Crippen LogP contribution in [0, 0.1) is 0 Å². The normalized spacial score (nSPS) is 12.5. The van der Waals surface area contributed by atoms with Gasteiger partial charge < -0.3 is 11.1 Å². The molecule has 0 aliphatic carbocycles. The highest BCUT2D eigenvalue weighted by atomic mass is 14.8. The van der Waals surface area contributed by atoms with Gasteiger partial charge in [0.2, 0.25) is 0 Å². The summed E-state index contributed by atoms with van der Waals surface area (Å²) in [5.41, 5.74) is 6.13. The molecule has 0 aliphatic heterocycles. The topological polar surface area (TPSA) is 38.0 Å². The van der Waals surface area contributed by atoms with Crippen LogP contribution in [0.15, 0.2) is 24.0 Å². The van der Waals surface area contributed by atoms with E-state index in [4.69, 9.17) is 5.73 Å². The second kappa shape index (κ2) is 4.24. The van der Waals surface area contributed by atoms with Crippen molar-refractivity contribution in [3.8, 4) is 0 Å². The van der Waals surface area contributed by atoms with E-state index in [0.29, 0.717) is 0 Å². The Labute approximate surface area is 50.1 Å². The van der Waals surface area contributed by atoms with E-state index in [9.17, 15) is 0 Å². The minimum Gasteiger partial charge on any atom is -0.402 e. The van der Waals surface area contributed by atoms with Crippen molar-refractivity contribution in [2.24, 2.45) is 5.73 Å². The summed E-state index contributed by atoms with van der Waals surface area (Å²) >= 11 is 0. The molecular formula is C6H12N2. The molecule has 2 heteroatoms. The molecule has 46 valence electrons. The molecule has 2 nitrogen and oxygen atoms in total. The summed E-state index contributed by atoms with van der Waals surface area (Å²) in [6.45, 7) is 1.85. The number of rotatable bonds is 2. The van der Waals surface area contributed by atoms with Crippen LogP contribution in [-0.4, -0.2) is 7.05 Å². The van der Waals surface area contributed by atoms with Gasteiger partial charge in [-0.05, 0) is 25.3 Å². The van der Waals surface area contributed by atoms with Crippen LogP contribution in [0.25, 0.3) is 0 Å². The van der Waals surface area contributed by atoms with Crippen LogP contribution < -0.4 is 11.1 Å². The van der Waals surface area contributed by atoms with E-state index in [1.165, 1.54) is 0 Å². The van der Waals surface area contributed by atoms with Crippen LogP contribution in [0.2, 0.25) is 0 Å². The van der Waals surface area contributed by atoms with Crippen molar-refractivity contribution in [3.05, 3.63) is 24.0 Å². The van der Waals surface area contributed by atoms with Crippen molar-refractivity contribution < 1.29 is 0 Å². The van der Waals surface area contributed by atoms with Crippen molar-refractivity contribution in [1.29, 1.82) is 0 Å². The molecule has 0 rings (SSSR count). The zero-order valence-corrected chi connectivity index (χ0v) is 5.31. The SMILES string of the molecule is CN/C=C\C=C(\C)N. The first-order valence-corrected chi connectivity index (χ1v) is 2.53. The molecule has 0 aromatic carbocycles. The monoisotopic (exact) mass is 112 g/mol. The van der Waals surface area contributed by atoms with Crippen LogP contribution in [0.3, 0.4) is 0 Å². The van der Waals surface area contributed by atoms with Gasteiger partial charge in [-0.3, -0.25) is 0 Å². The number of nitrogens with two attached hydrogens (primary N) is 1. The zero-order valence-electron chi connectivity index (χ0n) is 5.31. The average molecular weight is 112 g/mol. The fraction of sp³-hybridized carbons (Fsp3) is 0.333. The Balaban J connectivity index is 3.42. The Morgan fingerprint density at radius 3 is 2.62 bits per heavy atom. The molecule has 0 unspecified atom stereocenters. The van der Waals surface area contributed by atoms with Crippen LogP contribution in [0.5, 0.6) is 0 Å². The Kier molecular flexibility index (Phi) is 3.76. The molecule has 0 atom stereocenters. The van der Waals surface area contributed by atoms with E-state index >= 15 is 0 Å². The van der Waals surface area contributed by atoms with Gasteiger partial charge in [-0.2, -0.15) is 0 Å². The van der Waals surface area contributed by atoms with Gasteiger partial charge >= 0.3 is 0 Å². The van der Waals surface area contributed by atoms with E-state index < -0.39 is 0 Å². The molecule has 8 heavy (non-hydrogen) atoms. The fourth-order valence-corrected chi connectivity index (χ4v) is 0.296.